The van der Waals surface area contributed by atoms with E-state index in [1.165, 1.54) is 13.3 Å². The van der Waals surface area contributed by atoms with Crippen LogP contribution >= 0.6 is 0 Å². The van der Waals surface area contributed by atoms with Crippen LogP contribution in [0.2, 0.25) is 0 Å². The minimum absolute atomic E-state index is 0.0490. The molecule has 2 rings (SSSR count). The highest BCUT2D eigenvalue weighted by molar-refractivity contribution is 5.87. The van der Waals surface area contributed by atoms with Gasteiger partial charge in [0.15, 0.2) is 0 Å². The zero-order valence-electron chi connectivity index (χ0n) is 13.2. The van der Waals surface area contributed by atoms with E-state index in [2.05, 4.69) is 23.8 Å². The van der Waals surface area contributed by atoms with Crippen LogP contribution in [-0.4, -0.2) is 59.9 Å². The van der Waals surface area contributed by atoms with Crippen LogP contribution in [-0.2, 0) is 9.59 Å². The molecule has 5 nitrogen and oxygen atoms in total. The monoisotopic (exact) mass is 293 g/mol. The van der Waals surface area contributed by atoms with Crippen molar-refractivity contribution in [3.8, 4) is 0 Å². The van der Waals surface area contributed by atoms with Crippen LogP contribution in [0.3, 0.4) is 0 Å². The fraction of sp³-hybridized carbons (Fsp3) is 0.750. The molecule has 0 aliphatic carbocycles. The molecule has 0 aromatic carbocycles. The lowest BCUT2D eigenvalue weighted by molar-refractivity contribution is -0.137. The minimum Gasteiger partial charge on any atom is -0.344 e. The number of likely N-dealkylation sites (N-methyl/N-ethyl adjacent to an activating group) is 1. The Morgan fingerprint density at radius 3 is 2.52 bits per heavy atom. The number of carbonyl (C=O) groups excluding carboxylic acids is 2. The molecule has 0 unspecified atom stereocenters. The Morgan fingerprint density at radius 2 is 1.95 bits per heavy atom. The van der Waals surface area contributed by atoms with Gasteiger partial charge in [0.05, 0.1) is 0 Å². The summed E-state index contributed by atoms with van der Waals surface area (Å²) in [4.78, 5) is 28.5. The normalized spacial score (nSPS) is 27.6. The van der Waals surface area contributed by atoms with E-state index in [4.69, 9.17) is 0 Å². The van der Waals surface area contributed by atoms with E-state index in [9.17, 15) is 9.59 Å². The Hall–Kier alpha value is -1.36. The largest absolute Gasteiger partial charge is 0.344 e. The number of rotatable bonds is 5. The van der Waals surface area contributed by atoms with Crippen molar-refractivity contribution < 1.29 is 9.59 Å². The van der Waals surface area contributed by atoms with Gasteiger partial charge in [-0.3, -0.25) is 9.59 Å². The minimum atomic E-state index is -0.465. The van der Waals surface area contributed by atoms with Gasteiger partial charge >= 0.3 is 0 Å². The van der Waals surface area contributed by atoms with Crippen molar-refractivity contribution in [3.63, 3.8) is 0 Å². The highest BCUT2D eigenvalue weighted by Crippen LogP contribution is 2.29. The molecule has 0 aromatic rings. The third-order valence-corrected chi connectivity index (χ3v) is 4.68. The summed E-state index contributed by atoms with van der Waals surface area (Å²) in [7, 11) is 2.15. The molecule has 21 heavy (non-hydrogen) atoms. The quantitative estimate of drug-likeness (QED) is 0.774. The maximum absolute atomic E-state index is 12.8. The molecule has 0 aromatic heterocycles. The average Bonchev–Trinajstić information content (AvgIpc) is 3.04. The first-order valence-corrected chi connectivity index (χ1v) is 7.93. The summed E-state index contributed by atoms with van der Waals surface area (Å²) in [5.41, 5.74) is 0. The highest BCUT2D eigenvalue weighted by atomic mass is 16.2. The smallest absolute Gasteiger partial charge is 0.245 e. The first kappa shape index (κ1) is 16.0. The molecule has 0 radical (unpaired) electrons. The van der Waals surface area contributed by atoms with Crippen molar-refractivity contribution in [2.75, 3.05) is 20.1 Å². The van der Waals surface area contributed by atoms with Crippen LogP contribution in [0.15, 0.2) is 12.7 Å². The standard InChI is InChI=1S/C16H27N3O2/c1-4-7-13(17-12(2)20)16(21)19-11-6-9-15(19)14-8-5-10-18(14)3/h4,13-15H,1,5-11H2,2-3H3,(H,17,20)/t13-,14-,15+/m0/s1. The number of amides is 2. The van der Waals surface area contributed by atoms with Gasteiger partial charge in [-0.15, -0.1) is 6.58 Å². The van der Waals surface area contributed by atoms with Crippen LogP contribution in [0.5, 0.6) is 0 Å². The summed E-state index contributed by atoms with van der Waals surface area (Å²) < 4.78 is 0. The summed E-state index contributed by atoms with van der Waals surface area (Å²) >= 11 is 0. The van der Waals surface area contributed by atoms with Gasteiger partial charge in [0, 0.05) is 25.6 Å². The van der Waals surface area contributed by atoms with Gasteiger partial charge in [0.1, 0.15) is 6.04 Å². The third-order valence-electron chi connectivity index (χ3n) is 4.68. The highest BCUT2D eigenvalue weighted by Gasteiger charge is 2.40. The molecule has 3 atom stereocenters. The molecule has 0 saturated carbocycles. The maximum Gasteiger partial charge on any atom is 0.245 e. The van der Waals surface area contributed by atoms with Crippen molar-refractivity contribution in [1.82, 2.24) is 15.1 Å². The molecule has 2 aliphatic rings. The first-order valence-electron chi connectivity index (χ1n) is 7.93. The van der Waals surface area contributed by atoms with E-state index in [1.807, 2.05) is 4.90 Å². The Balaban J connectivity index is 2.08. The fourth-order valence-electron chi connectivity index (χ4n) is 3.72. The molecular formula is C16H27N3O2. The van der Waals surface area contributed by atoms with Crippen LogP contribution < -0.4 is 5.32 Å². The fourth-order valence-corrected chi connectivity index (χ4v) is 3.72. The van der Waals surface area contributed by atoms with Crippen LogP contribution in [0, 0.1) is 0 Å². The summed E-state index contributed by atoms with van der Waals surface area (Å²) in [6.07, 6.45) is 6.69. The molecular weight excluding hydrogens is 266 g/mol. The maximum atomic E-state index is 12.8. The van der Waals surface area contributed by atoms with E-state index in [0.717, 1.165) is 32.4 Å². The molecule has 2 aliphatic heterocycles. The summed E-state index contributed by atoms with van der Waals surface area (Å²) in [6, 6.07) is 0.302. The van der Waals surface area contributed by atoms with E-state index in [1.54, 1.807) is 6.08 Å². The van der Waals surface area contributed by atoms with Gasteiger partial charge in [-0.2, -0.15) is 0 Å². The lowest BCUT2D eigenvalue weighted by Gasteiger charge is -2.35. The number of hydrogen-bond donors (Lipinski definition) is 1. The van der Waals surface area contributed by atoms with Crippen molar-refractivity contribution in [1.29, 1.82) is 0 Å². The zero-order chi connectivity index (χ0) is 15.4. The van der Waals surface area contributed by atoms with Crippen molar-refractivity contribution in [2.45, 2.75) is 57.2 Å². The molecule has 5 heteroatoms. The molecule has 2 saturated heterocycles. The molecule has 118 valence electrons. The van der Waals surface area contributed by atoms with Gasteiger partial charge in [-0.1, -0.05) is 6.08 Å². The van der Waals surface area contributed by atoms with Crippen LogP contribution in [0.4, 0.5) is 0 Å². The number of likely N-dealkylation sites (tertiary alicyclic amines) is 2. The summed E-state index contributed by atoms with van der Waals surface area (Å²) in [5, 5.41) is 2.76. The number of nitrogens with one attached hydrogen (secondary N) is 1. The zero-order valence-corrected chi connectivity index (χ0v) is 13.2. The van der Waals surface area contributed by atoms with E-state index in [-0.39, 0.29) is 11.8 Å². The van der Waals surface area contributed by atoms with Crippen molar-refractivity contribution >= 4 is 11.8 Å². The second kappa shape index (κ2) is 7.07. The Bertz CT molecular complexity index is 410. The Morgan fingerprint density at radius 1 is 1.29 bits per heavy atom. The number of nitrogens with zero attached hydrogens (tertiary/aromatic N) is 2. The van der Waals surface area contributed by atoms with Gasteiger partial charge in [0.2, 0.25) is 11.8 Å². The molecule has 2 fully saturated rings. The number of hydrogen-bond acceptors (Lipinski definition) is 3. The molecule has 0 spiro atoms. The van der Waals surface area contributed by atoms with Crippen molar-refractivity contribution in [3.05, 3.63) is 12.7 Å². The lowest BCUT2D eigenvalue weighted by atomic mass is 10.0. The van der Waals surface area contributed by atoms with Crippen LogP contribution in [0.25, 0.3) is 0 Å². The van der Waals surface area contributed by atoms with Crippen LogP contribution in [0.1, 0.15) is 39.0 Å². The SMILES string of the molecule is C=CC[C@H](NC(C)=O)C(=O)N1CCC[C@@H]1[C@@H]1CCCN1C. The second-order valence-electron chi connectivity index (χ2n) is 6.21. The predicted molar refractivity (Wildman–Crippen MR) is 82.8 cm³/mol. The first-order chi connectivity index (χ1) is 10.0. The Labute approximate surface area is 127 Å². The van der Waals surface area contributed by atoms with Gasteiger partial charge < -0.3 is 15.1 Å². The van der Waals surface area contributed by atoms with E-state index >= 15 is 0 Å². The molecule has 0 bridgehead atoms. The predicted octanol–water partition coefficient (Wildman–Crippen LogP) is 1.15. The third kappa shape index (κ3) is 3.64. The molecule has 1 N–H and O–H groups in total. The van der Waals surface area contributed by atoms with Gasteiger partial charge in [-0.05, 0) is 45.7 Å². The topological polar surface area (TPSA) is 52.7 Å². The lowest BCUT2D eigenvalue weighted by Crippen LogP contribution is -2.53. The molecule has 2 heterocycles. The Kier molecular flexibility index (Phi) is 5.39. The number of carbonyl (C=O) groups is 2. The van der Waals surface area contributed by atoms with Gasteiger partial charge in [-0.25, -0.2) is 0 Å². The summed E-state index contributed by atoms with van der Waals surface area (Å²) in [5.74, 6) is -0.114. The second-order valence-corrected chi connectivity index (χ2v) is 6.21. The average molecular weight is 293 g/mol. The molecule has 2 amide bonds. The van der Waals surface area contributed by atoms with Crippen molar-refractivity contribution in [2.24, 2.45) is 0 Å². The van der Waals surface area contributed by atoms with E-state index < -0.39 is 6.04 Å². The summed E-state index contributed by atoms with van der Waals surface area (Å²) in [6.45, 7) is 7.07. The van der Waals surface area contributed by atoms with E-state index in [0.29, 0.717) is 18.5 Å². The van der Waals surface area contributed by atoms with Gasteiger partial charge in [0.25, 0.3) is 0 Å².